The molecule has 1 aromatic heterocycles. The predicted octanol–water partition coefficient (Wildman–Crippen LogP) is 1.36. The third-order valence-electron chi connectivity index (χ3n) is 1.83. The second kappa shape index (κ2) is 4.66. The summed E-state index contributed by atoms with van der Waals surface area (Å²) < 4.78 is 29.7. The number of aromatic nitrogens is 1. The van der Waals surface area contributed by atoms with Gasteiger partial charge in [0.15, 0.2) is 0 Å². The quantitative estimate of drug-likeness (QED) is 0.822. The summed E-state index contributed by atoms with van der Waals surface area (Å²) in [5.74, 6) is -0.0984. The molecule has 1 heterocycles. The van der Waals surface area contributed by atoms with E-state index in [0.29, 0.717) is 0 Å². The fourth-order valence-electron chi connectivity index (χ4n) is 1.12. The Morgan fingerprint density at radius 3 is 2.73 bits per heavy atom. The summed E-state index contributed by atoms with van der Waals surface area (Å²) in [4.78, 5) is 3.61. The van der Waals surface area contributed by atoms with Crippen LogP contribution in [-0.4, -0.2) is 12.1 Å². The van der Waals surface area contributed by atoms with E-state index < -0.39 is 12.1 Å². The van der Waals surface area contributed by atoms with E-state index in [0.717, 1.165) is 0 Å². The zero-order valence-corrected chi connectivity index (χ0v) is 8.00. The van der Waals surface area contributed by atoms with Crippen molar-refractivity contribution in [2.75, 3.05) is 7.11 Å². The topological polar surface area (TPSA) is 71.9 Å². The third kappa shape index (κ3) is 2.19. The Hall–Kier alpha value is -1.74. The van der Waals surface area contributed by atoms with Gasteiger partial charge in [0.05, 0.1) is 18.4 Å². The number of pyridine rings is 1. The maximum absolute atomic E-state index is 12.5. The predicted molar refractivity (Wildman–Crippen MR) is 48.4 cm³/mol. The first kappa shape index (κ1) is 11.3. The maximum Gasteiger partial charge on any atom is 0.284 e. The van der Waals surface area contributed by atoms with Crippen LogP contribution in [0.3, 0.4) is 0 Å². The van der Waals surface area contributed by atoms with E-state index >= 15 is 0 Å². The van der Waals surface area contributed by atoms with Crippen LogP contribution in [0.15, 0.2) is 6.07 Å². The Morgan fingerprint density at radius 1 is 1.67 bits per heavy atom. The van der Waals surface area contributed by atoms with Crippen molar-refractivity contribution in [3.8, 4) is 11.8 Å². The highest BCUT2D eigenvalue weighted by Gasteiger charge is 2.18. The molecule has 15 heavy (non-hydrogen) atoms. The summed E-state index contributed by atoms with van der Waals surface area (Å²) in [7, 11) is 1.24. The van der Waals surface area contributed by atoms with Crippen LogP contribution in [0.1, 0.15) is 23.4 Å². The molecule has 0 aromatic carbocycles. The molecule has 4 nitrogen and oxygen atoms in total. The van der Waals surface area contributed by atoms with Gasteiger partial charge in [0.2, 0.25) is 0 Å². The highest BCUT2D eigenvalue weighted by atomic mass is 19.3. The lowest BCUT2D eigenvalue weighted by molar-refractivity contribution is 0.141. The van der Waals surface area contributed by atoms with Crippen LogP contribution >= 0.6 is 0 Å². The number of rotatable bonds is 3. The van der Waals surface area contributed by atoms with Crippen molar-refractivity contribution in [1.29, 1.82) is 5.26 Å². The van der Waals surface area contributed by atoms with Gasteiger partial charge in [-0.1, -0.05) is 0 Å². The van der Waals surface area contributed by atoms with Crippen LogP contribution in [0, 0.1) is 11.3 Å². The third-order valence-corrected chi connectivity index (χ3v) is 1.83. The summed E-state index contributed by atoms with van der Waals surface area (Å²) in [5, 5.41) is 8.71. The van der Waals surface area contributed by atoms with Crippen LogP contribution in [0.2, 0.25) is 0 Å². The largest absolute Gasteiger partial charge is 0.495 e. The Bertz CT molecular complexity index is 401. The molecule has 2 N–H and O–H groups in total. The Kier molecular flexibility index (Phi) is 3.52. The number of nitrogens with zero attached hydrogens (tertiary/aromatic N) is 2. The molecule has 0 aliphatic rings. The molecule has 0 fully saturated rings. The number of nitrogens with two attached hydrogens (primary N) is 1. The van der Waals surface area contributed by atoms with Crippen LogP contribution in [0.5, 0.6) is 5.75 Å². The molecule has 0 unspecified atom stereocenters. The smallest absolute Gasteiger partial charge is 0.284 e. The molecule has 0 saturated heterocycles. The van der Waals surface area contributed by atoms with Gasteiger partial charge in [-0.15, -0.1) is 0 Å². The lowest BCUT2D eigenvalue weighted by Gasteiger charge is -2.09. The van der Waals surface area contributed by atoms with E-state index in [2.05, 4.69) is 4.98 Å². The minimum atomic E-state index is -2.75. The van der Waals surface area contributed by atoms with Gasteiger partial charge in [0.25, 0.3) is 6.43 Å². The maximum atomic E-state index is 12.5. The van der Waals surface area contributed by atoms with E-state index in [1.165, 1.54) is 13.2 Å². The van der Waals surface area contributed by atoms with E-state index in [-0.39, 0.29) is 23.6 Å². The van der Waals surface area contributed by atoms with Crippen molar-refractivity contribution in [2.45, 2.75) is 13.0 Å². The van der Waals surface area contributed by atoms with E-state index in [4.69, 9.17) is 15.7 Å². The summed E-state index contributed by atoms with van der Waals surface area (Å²) in [5.41, 5.74) is 5.10. The molecule has 0 amide bonds. The van der Waals surface area contributed by atoms with Gasteiger partial charge in [-0.25, -0.2) is 13.8 Å². The fourth-order valence-corrected chi connectivity index (χ4v) is 1.12. The summed E-state index contributed by atoms with van der Waals surface area (Å²) in [6.07, 6.45) is -2.75. The summed E-state index contributed by atoms with van der Waals surface area (Å²) in [6, 6.07) is 3.04. The molecule has 1 aromatic rings. The Morgan fingerprint density at radius 2 is 2.33 bits per heavy atom. The molecular weight excluding hydrogens is 204 g/mol. The first-order chi connectivity index (χ1) is 7.13. The molecular formula is C9H9F2N3O. The number of halogens is 2. The van der Waals surface area contributed by atoms with Gasteiger partial charge in [-0.3, -0.25) is 0 Å². The van der Waals surface area contributed by atoms with Gasteiger partial charge >= 0.3 is 0 Å². The average molecular weight is 213 g/mol. The normalized spacial score (nSPS) is 10.1. The monoisotopic (exact) mass is 213 g/mol. The fraction of sp³-hybridized carbons (Fsp3) is 0.333. The average Bonchev–Trinajstić information content (AvgIpc) is 2.26. The second-order valence-corrected chi connectivity index (χ2v) is 2.69. The molecule has 0 aliphatic heterocycles. The minimum Gasteiger partial charge on any atom is -0.495 e. The molecule has 0 atom stereocenters. The molecule has 6 heteroatoms. The minimum absolute atomic E-state index is 0.0629. The van der Waals surface area contributed by atoms with E-state index in [1.54, 1.807) is 0 Å². The van der Waals surface area contributed by atoms with Crippen molar-refractivity contribution in [1.82, 2.24) is 4.98 Å². The van der Waals surface area contributed by atoms with Gasteiger partial charge < -0.3 is 10.5 Å². The summed E-state index contributed by atoms with van der Waals surface area (Å²) in [6.45, 7) is -0.0629. The van der Waals surface area contributed by atoms with Crippen LogP contribution in [0.25, 0.3) is 0 Å². The van der Waals surface area contributed by atoms with Crippen LogP contribution < -0.4 is 10.5 Å². The van der Waals surface area contributed by atoms with Crippen molar-refractivity contribution in [3.05, 3.63) is 23.0 Å². The van der Waals surface area contributed by atoms with Crippen molar-refractivity contribution in [2.24, 2.45) is 5.73 Å². The molecule has 0 aliphatic carbocycles. The molecule has 0 bridgehead atoms. The SMILES string of the molecule is COc1cc(C#N)c(CN)nc1C(F)F. The lowest BCUT2D eigenvalue weighted by Crippen LogP contribution is -2.07. The lowest BCUT2D eigenvalue weighted by atomic mass is 10.1. The van der Waals surface area contributed by atoms with Crippen molar-refractivity contribution >= 4 is 0 Å². The van der Waals surface area contributed by atoms with Gasteiger partial charge in [0, 0.05) is 12.6 Å². The van der Waals surface area contributed by atoms with Gasteiger partial charge in [-0.2, -0.15) is 5.26 Å². The number of ether oxygens (including phenoxy) is 1. The standard InChI is InChI=1S/C9H9F2N3O/c1-15-7-2-5(3-12)6(4-13)14-8(7)9(10)11/h2,9H,4,13H2,1H3. The van der Waals surface area contributed by atoms with Gasteiger partial charge in [0.1, 0.15) is 17.5 Å². The number of methoxy groups -OCH3 is 1. The van der Waals surface area contributed by atoms with Crippen LogP contribution in [0.4, 0.5) is 8.78 Å². The number of hydrogen-bond donors (Lipinski definition) is 1. The van der Waals surface area contributed by atoms with E-state index in [1.807, 2.05) is 6.07 Å². The molecule has 0 radical (unpaired) electrons. The number of hydrogen-bond acceptors (Lipinski definition) is 4. The highest BCUT2D eigenvalue weighted by Crippen LogP contribution is 2.28. The Balaban J connectivity index is 3.36. The highest BCUT2D eigenvalue weighted by molar-refractivity contribution is 5.42. The zero-order valence-electron chi connectivity index (χ0n) is 8.00. The summed E-state index contributed by atoms with van der Waals surface area (Å²) >= 11 is 0. The van der Waals surface area contributed by atoms with Crippen molar-refractivity contribution < 1.29 is 13.5 Å². The van der Waals surface area contributed by atoms with Crippen molar-refractivity contribution in [3.63, 3.8) is 0 Å². The first-order valence-corrected chi connectivity index (χ1v) is 4.10. The van der Waals surface area contributed by atoms with Gasteiger partial charge in [-0.05, 0) is 0 Å². The molecule has 1 rings (SSSR count). The first-order valence-electron chi connectivity index (χ1n) is 4.10. The molecule has 80 valence electrons. The molecule has 0 saturated carbocycles. The van der Waals surface area contributed by atoms with Crippen LogP contribution in [-0.2, 0) is 6.54 Å². The zero-order chi connectivity index (χ0) is 11.4. The number of nitriles is 1. The van der Waals surface area contributed by atoms with E-state index in [9.17, 15) is 8.78 Å². The number of alkyl halides is 2. The Labute approximate surface area is 85.3 Å². The second-order valence-electron chi connectivity index (χ2n) is 2.69. The molecule has 0 spiro atoms.